The van der Waals surface area contributed by atoms with Gasteiger partial charge in [-0.1, -0.05) is 13.8 Å². The molecule has 0 bridgehead atoms. The van der Waals surface area contributed by atoms with Gasteiger partial charge in [0, 0.05) is 12.1 Å². The summed E-state index contributed by atoms with van der Waals surface area (Å²) < 4.78 is 0. The Labute approximate surface area is 76.3 Å². The molecule has 1 rings (SSSR count). The molecule has 0 saturated carbocycles. The zero-order valence-corrected chi connectivity index (χ0v) is 8.96. The molecule has 0 aromatic heterocycles. The fraction of sp³-hybridized carbons (Fsp3) is 1.00. The Kier molecular flexibility index (Phi) is 3.13. The van der Waals surface area contributed by atoms with Crippen molar-refractivity contribution in [3.05, 3.63) is 0 Å². The highest BCUT2D eigenvalue weighted by Gasteiger charge is 2.32. The molecule has 1 saturated heterocycles. The second-order valence-corrected chi connectivity index (χ2v) is 4.12. The van der Waals surface area contributed by atoms with Crippen LogP contribution in [-0.2, 0) is 0 Å². The van der Waals surface area contributed by atoms with Gasteiger partial charge < -0.3 is 0 Å². The van der Waals surface area contributed by atoms with Gasteiger partial charge in [-0.05, 0) is 33.2 Å². The molecular formula is C10H22N2. The summed E-state index contributed by atoms with van der Waals surface area (Å²) >= 11 is 0. The first-order chi connectivity index (χ1) is 5.57. The van der Waals surface area contributed by atoms with E-state index in [4.69, 9.17) is 0 Å². The van der Waals surface area contributed by atoms with Crippen LogP contribution >= 0.6 is 0 Å². The van der Waals surface area contributed by atoms with Crippen molar-refractivity contribution in [2.45, 2.75) is 52.4 Å². The van der Waals surface area contributed by atoms with Crippen molar-refractivity contribution in [3.8, 4) is 0 Å². The minimum Gasteiger partial charge on any atom is -0.299 e. The summed E-state index contributed by atoms with van der Waals surface area (Å²) in [6.45, 7) is 9.17. The molecule has 0 spiro atoms. The maximum Gasteiger partial charge on any atom is 0.0570 e. The quantitative estimate of drug-likeness (QED) is 0.644. The van der Waals surface area contributed by atoms with Gasteiger partial charge in [-0.25, -0.2) is 0 Å². The Morgan fingerprint density at radius 3 is 2.33 bits per heavy atom. The number of nitrogens with one attached hydrogen (secondary N) is 1. The van der Waals surface area contributed by atoms with Crippen molar-refractivity contribution in [3.63, 3.8) is 0 Å². The average Bonchev–Trinajstić information content (AvgIpc) is 2.08. The normalized spacial score (nSPS) is 44.8. The van der Waals surface area contributed by atoms with Gasteiger partial charge in [-0.2, -0.15) is 0 Å². The molecule has 1 aliphatic rings. The Balaban J connectivity index is 2.63. The topological polar surface area (TPSA) is 15.3 Å². The molecule has 0 aliphatic carbocycles. The summed E-state index contributed by atoms with van der Waals surface area (Å²) in [6, 6.07) is 1.40. The minimum absolute atomic E-state index is 0.529. The fourth-order valence-electron chi connectivity index (χ4n) is 2.13. The van der Waals surface area contributed by atoms with E-state index < -0.39 is 0 Å². The first-order valence-electron chi connectivity index (χ1n) is 5.06. The molecule has 1 N–H and O–H groups in total. The lowest BCUT2D eigenvalue weighted by Crippen LogP contribution is -2.60. The first-order valence-corrected chi connectivity index (χ1v) is 5.06. The molecular weight excluding hydrogens is 148 g/mol. The molecule has 1 aliphatic heterocycles. The van der Waals surface area contributed by atoms with E-state index in [-0.39, 0.29) is 0 Å². The molecule has 4 atom stereocenters. The van der Waals surface area contributed by atoms with E-state index in [1.54, 1.807) is 0 Å². The van der Waals surface area contributed by atoms with Crippen molar-refractivity contribution >= 4 is 0 Å². The van der Waals surface area contributed by atoms with Crippen LogP contribution in [0.1, 0.15) is 34.1 Å². The van der Waals surface area contributed by atoms with Crippen LogP contribution < -0.4 is 5.32 Å². The van der Waals surface area contributed by atoms with Crippen molar-refractivity contribution in [1.82, 2.24) is 10.2 Å². The maximum absolute atomic E-state index is 3.62. The highest BCUT2D eigenvalue weighted by molar-refractivity contribution is 4.88. The van der Waals surface area contributed by atoms with E-state index in [1.165, 1.54) is 6.42 Å². The molecule has 12 heavy (non-hydrogen) atoms. The molecule has 1 unspecified atom stereocenters. The minimum atomic E-state index is 0.529. The fourth-order valence-corrected chi connectivity index (χ4v) is 2.13. The van der Waals surface area contributed by atoms with Gasteiger partial charge in [0.25, 0.3) is 0 Å². The highest BCUT2D eigenvalue weighted by atomic mass is 15.3. The average molecular weight is 170 g/mol. The monoisotopic (exact) mass is 170 g/mol. The van der Waals surface area contributed by atoms with Gasteiger partial charge in [0.05, 0.1) is 6.17 Å². The predicted molar refractivity (Wildman–Crippen MR) is 53.1 cm³/mol. The molecule has 0 aromatic rings. The lowest BCUT2D eigenvalue weighted by Gasteiger charge is -2.45. The smallest absolute Gasteiger partial charge is 0.0570 e. The van der Waals surface area contributed by atoms with Crippen molar-refractivity contribution in [2.75, 3.05) is 7.05 Å². The second kappa shape index (κ2) is 3.75. The molecule has 2 heteroatoms. The molecule has 0 amide bonds. The standard InChI is InChI=1S/C10H22N2/c1-6-10-7(2)8(3)12(5)9(4)11-10/h7-11H,6H2,1-5H3/t7-,8+,9?,10-/m1/s1. The van der Waals surface area contributed by atoms with E-state index in [1.807, 2.05) is 0 Å². The van der Waals surface area contributed by atoms with Crippen molar-refractivity contribution < 1.29 is 0 Å². The third-order valence-corrected chi connectivity index (χ3v) is 3.54. The van der Waals surface area contributed by atoms with Gasteiger partial charge in [0.2, 0.25) is 0 Å². The molecule has 1 fully saturated rings. The summed E-state index contributed by atoms with van der Waals surface area (Å²) in [4.78, 5) is 2.41. The van der Waals surface area contributed by atoms with Gasteiger partial charge in [0.15, 0.2) is 0 Å². The van der Waals surface area contributed by atoms with Crippen LogP contribution in [0.25, 0.3) is 0 Å². The molecule has 0 aromatic carbocycles. The molecule has 2 nitrogen and oxygen atoms in total. The zero-order valence-electron chi connectivity index (χ0n) is 8.96. The maximum atomic E-state index is 3.62. The van der Waals surface area contributed by atoms with Crippen molar-refractivity contribution in [2.24, 2.45) is 5.92 Å². The van der Waals surface area contributed by atoms with Crippen LogP contribution in [0.4, 0.5) is 0 Å². The first kappa shape index (κ1) is 10.0. The van der Waals surface area contributed by atoms with E-state index in [0.29, 0.717) is 18.2 Å². The number of rotatable bonds is 1. The molecule has 72 valence electrons. The largest absolute Gasteiger partial charge is 0.299 e. The molecule has 1 heterocycles. The second-order valence-electron chi connectivity index (χ2n) is 4.12. The van der Waals surface area contributed by atoms with E-state index in [2.05, 4.69) is 45.0 Å². The van der Waals surface area contributed by atoms with Crippen LogP contribution in [0.3, 0.4) is 0 Å². The third kappa shape index (κ3) is 1.64. The highest BCUT2D eigenvalue weighted by Crippen LogP contribution is 2.22. The number of nitrogens with zero attached hydrogens (tertiary/aromatic N) is 1. The van der Waals surface area contributed by atoms with Crippen molar-refractivity contribution in [1.29, 1.82) is 0 Å². The van der Waals surface area contributed by atoms with Crippen LogP contribution in [-0.4, -0.2) is 30.2 Å². The van der Waals surface area contributed by atoms with Crippen LogP contribution in [0, 0.1) is 5.92 Å². The van der Waals surface area contributed by atoms with E-state index >= 15 is 0 Å². The van der Waals surface area contributed by atoms with Crippen LogP contribution in [0.15, 0.2) is 0 Å². The predicted octanol–water partition coefficient (Wildman–Crippen LogP) is 1.67. The summed E-state index contributed by atoms with van der Waals surface area (Å²) in [7, 11) is 2.20. The Hall–Kier alpha value is -0.0800. The van der Waals surface area contributed by atoms with E-state index in [9.17, 15) is 0 Å². The molecule has 0 radical (unpaired) electrons. The van der Waals surface area contributed by atoms with Gasteiger partial charge >= 0.3 is 0 Å². The number of hydrogen-bond acceptors (Lipinski definition) is 2. The Morgan fingerprint density at radius 1 is 1.25 bits per heavy atom. The Bertz CT molecular complexity index is 142. The summed E-state index contributed by atoms with van der Waals surface area (Å²) in [5, 5.41) is 3.62. The Morgan fingerprint density at radius 2 is 1.83 bits per heavy atom. The summed E-state index contributed by atoms with van der Waals surface area (Å²) in [6.07, 6.45) is 1.77. The van der Waals surface area contributed by atoms with Gasteiger partial charge in [-0.15, -0.1) is 0 Å². The number of hydrogen-bond donors (Lipinski definition) is 1. The van der Waals surface area contributed by atoms with Gasteiger partial charge in [-0.3, -0.25) is 10.2 Å². The zero-order chi connectivity index (χ0) is 9.30. The van der Waals surface area contributed by atoms with Crippen LogP contribution in [0.2, 0.25) is 0 Å². The van der Waals surface area contributed by atoms with E-state index in [0.717, 1.165) is 5.92 Å². The lowest BCUT2D eigenvalue weighted by molar-refractivity contribution is 0.0462. The lowest BCUT2D eigenvalue weighted by atomic mass is 9.89. The van der Waals surface area contributed by atoms with Gasteiger partial charge in [0.1, 0.15) is 0 Å². The SMILES string of the molecule is CC[C@H]1NC(C)N(C)[C@@H](C)[C@H]1C. The van der Waals surface area contributed by atoms with Crippen LogP contribution in [0.5, 0.6) is 0 Å². The summed E-state index contributed by atoms with van der Waals surface area (Å²) in [5.41, 5.74) is 0. The summed E-state index contributed by atoms with van der Waals surface area (Å²) in [5.74, 6) is 0.760. The third-order valence-electron chi connectivity index (χ3n) is 3.54.